The van der Waals surface area contributed by atoms with E-state index in [2.05, 4.69) is 21.2 Å². The smallest absolute Gasteiger partial charge is 0.352 e. The fourth-order valence-corrected chi connectivity index (χ4v) is 2.24. The number of nitrogens with zero attached hydrogens (tertiary/aromatic N) is 1. The molecule has 2 rings (SSSR count). The predicted molar refractivity (Wildman–Crippen MR) is 64.5 cm³/mol. The summed E-state index contributed by atoms with van der Waals surface area (Å²) in [5.41, 5.74) is -0.665. The van der Waals surface area contributed by atoms with Crippen molar-refractivity contribution in [1.82, 2.24) is 5.32 Å². The highest BCUT2D eigenvalue weighted by Gasteiger charge is 2.32. The number of halogens is 4. The van der Waals surface area contributed by atoms with Gasteiger partial charge in [0.1, 0.15) is 0 Å². The lowest BCUT2D eigenvalue weighted by Crippen LogP contribution is -2.51. The van der Waals surface area contributed by atoms with E-state index in [1.165, 1.54) is 11.0 Å². The molecule has 0 atom stereocenters. The standard InChI is InChI=1S/C11H8BrF3N2O2/c12-7-2-1-6(11(13,14)15)3-8(7)17-4-9(18)16-10(19)5-17/h1-3H,4-5H2,(H,16,18,19). The minimum absolute atomic E-state index is 0.161. The summed E-state index contributed by atoms with van der Waals surface area (Å²) in [5.74, 6) is -1.08. The van der Waals surface area contributed by atoms with Crippen LogP contribution in [0.15, 0.2) is 22.7 Å². The molecule has 0 aliphatic carbocycles. The maximum atomic E-state index is 12.6. The lowest BCUT2D eigenvalue weighted by atomic mass is 10.1. The Labute approximate surface area is 114 Å². The Morgan fingerprint density at radius 1 is 1.16 bits per heavy atom. The topological polar surface area (TPSA) is 49.4 Å². The van der Waals surface area contributed by atoms with Crippen LogP contribution in [0.1, 0.15) is 5.56 Å². The van der Waals surface area contributed by atoms with Crippen molar-refractivity contribution in [3.05, 3.63) is 28.2 Å². The summed E-state index contributed by atoms with van der Waals surface area (Å²) in [7, 11) is 0. The lowest BCUT2D eigenvalue weighted by Gasteiger charge is -2.28. The van der Waals surface area contributed by atoms with Gasteiger partial charge in [0.05, 0.1) is 24.3 Å². The van der Waals surface area contributed by atoms with Gasteiger partial charge in [-0.2, -0.15) is 13.2 Å². The molecule has 102 valence electrons. The van der Waals surface area contributed by atoms with E-state index >= 15 is 0 Å². The van der Waals surface area contributed by atoms with Gasteiger partial charge in [-0.05, 0) is 34.1 Å². The molecule has 1 heterocycles. The summed E-state index contributed by atoms with van der Waals surface area (Å²) in [5, 5.41) is 2.09. The normalized spacial score (nSPS) is 16.5. The first-order chi connectivity index (χ1) is 8.77. The first-order valence-corrected chi connectivity index (χ1v) is 6.01. The average Bonchev–Trinajstić information content (AvgIpc) is 2.26. The first-order valence-electron chi connectivity index (χ1n) is 5.22. The third-order valence-electron chi connectivity index (χ3n) is 2.56. The largest absolute Gasteiger partial charge is 0.416 e. The highest BCUT2D eigenvalue weighted by molar-refractivity contribution is 9.10. The second-order valence-electron chi connectivity index (χ2n) is 3.99. The van der Waals surface area contributed by atoms with E-state index in [0.717, 1.165) is 12.1 Å². The average molecular weight is 337 g/mol. The monoisotopic (exact) mass is 336 g/mol. The van der Waals surface area contributed by atoms with Crippen LogP contribution in [0.3, 0.4) is 0 Å². The van der Waals surface area contributed by atoms with E-state index in [1.54, 1.807) is 0 Å². The number of amides is 2. The summed E-state index contributed by atoms with van der Waals surface area (Å²) in [6.45, 7) is -0.322. The van der Waals surface area contributed by atoms with E-state index in [9.17, 15) is 22.8 Å². The molecule has 0 bridgehead atoms. The van der Waals surface area contributed by atoms with Crippen LogP contribution >= 0.6 is 15.9 Å². The van der Waals surface area contributed by atoms with Crippen LogP contribution in [0.2, 0.25) is 0 Å². The van der Waals surface area contributed by atoms with Crippen LogP contribution in [-0.4, -0.2) is 24.9 Å². The number of imide groups is 1. The Kier molecular flexibility index (Phi) is 3.53. The predicted octanol–water partition coefficient (Wildman–Crippen LogP) is 1.93. The molecule has 0 unspecified atom stereocenters. The Morgan fingerprint density at radius 2 is 1.74 bits per heavy atom. The molecule has 0 aromatic heterocycles. The Bertz CT molecular complexity index is 529. The van der Waals surface area contributed by atoms with Crippen LogP contribution in [0.25, 0.3) is 0 Å². The van der Waals surface area contributed by atoms with Gasteiger partial charge in [0.25, 0.3) is 0 Å². The van der Waals surface area contributed by atoms with Gasteiger partial charge >= 0.3 is 6.18 Å². The van der Waals surface area contributed by atoms with Crippen LogP contribution < -0.4 is 10.2 Å². The van der Waals surface area contributed by atoms with Gasteiger partial charge in [-0.15, -0.1) is 0 Å². The molecule has 8 heteroatoms. The van der Waals surface area contributed by atoms with Crippen molar-refractivity contribution < 1.29 is 22.8 Å². The van der Waals surface area contributed by atoms with Crippen LogP contribution in [0, 0.1) is 0 Å². The molecule has 4 nitrogen and oxygen atoms in total. The second-order valence-corrected chi connectivity index (χ2v) is 4.85. The van der Waals surface area contributed by atoms with E-state index in [-0.39, 0.29) is 18.8 Å². The zero-order valence-electron chi connectivity index (χ0n) is 9.42. The molecule has 19 heavy (non-hydrogen) atoms. The van der Waals surface area contributed by atoms with Gasteiger partial charge < -0.3 is 4.90 Å². The molecule has 1 N–H and O–H groups in total. The highest BCUT2D eigenvalue weighted by Crippen LogP contribution is 2.35. The van der Waals surface area contributed by atoms with Crippen LogP contribution in [0.4, 0.5) is 18.9 Å². The van der Waals surface area contributed by atoms with Crippen molar-refractivity contribution in [2.45, 2.75) is 6.18 Å². The lowest BCUT2D eigenvalue weighted by molar-refractivity contribution is -0.137. The van der Waals surface area contributed by atoms with E-state index in [4.69, 9.17) is 0 Å². The second kappa shape index (κ2) is 4.84. The Morgan fingerprint density at radius 3 is 2.26 bits per heavy atom. The SMILES string of the molecule is O=C1CN(c2cc(C(F)(F)F)ccc2Br)CC(=O)N1. The maximum absolute atomic E-state index is 12.6. The summed E-state index contributed by atoms with van der Waals surface area (Å²) in [4.78, 5) is 23.8. The number of carbonyl (C=O) groups excluding carboxylic acids is 2. The summed E-state index contributed by atoms with van der Waals surface area (Å²) < 4.78 is 38.3. The molecule has 1 aromatic carbocycles. The van der Waals surface area contributed by atoms with Gasteiger partial charge in [0.2, 0.25) is 11.8 Å². The number of hydrogen-bond acceptors (Lipinski definition) is 3. The summed E-state index contributed by atoms with van der Waals surface area (Å²) in [6.07, 6.45) is -4.47. The van der Waals surface area contributed by atoms with Crippen molar-refractivity contribution in [2.75, 3.05) is 18.0 Å². The Hall–Kier alpha value is -1.57. The number of rotatable bonds is 1. The molecule has 0 radical (unpaired) electrons. The van der Waals surface area contributed by atoms with Gasteiger partial charge in [0.15, 0.2) is 0 Å². The number of alkyl halides is 3. The minimum Gasteiger partial charge on any atom is -0.352 e. The number of anilines is 1. The molecular formula is C11H8BrF3N2O2. The third kappa shape index (κ3) is 3.06. The van der Waals surface area contributed by atoms with Gasteiger partial charge in [0, 0.05) is 4.47 Å². The summed E-state index contributed by atoms with van der Waals surface area (Å²) in [6, 6.07) is 3.09. The zero-order valence-corrected chi connectivity index (χ0v) is 11.0. The molecular weight excluding hydrogens is 329 g/mol. The van der Waals surface area contributed by atoms with Gasteiger partial charge in [-0.25, -0.2) is 0 Å². The van der Waals surface area contributed by atoms with Crippen LogP contribution in [-0.2, 0) is 15.8 Å². The molecule has 0 saturated carbocycles. The van der Waals surface area contributed by atoms with E-state index in [1.807, 2.05) is 0 Å². The highest BCUT2D eigenvalue weighted by atomic mass is 79.9. The van der Waals surface area contributed by atoms with Crippen molar-refractivity contribution >= 4 is 33.4 Å². The van der Waals surface area contributed by atoms with Crippen molar-refractivity contribution in [3.8, 4) is 0 Å². The number of nitrogens with one attached hydrogen (secondary N) is 1. The zero-order chi connectivity index (χ0) is 14.2. The molecule has 1 aromatic rings. The molecule has 1 aliphatic heterocycles. The molecule has 2 amide bonds. The summed E-state index contributed by atoms with van der Waals surface area (Å²) >= 11 is 3.12. The van der Waals surface area contributed by atoms with Crippen molar-refractivity contribution in [3.63, 3.8) is 0 Å². The van der Waals surface area contributed by atoms with Gasteiger partial charge in [-0.3, -0.25) is 14.9 Å². The number of carbonyl (C=O) groups is 2. The fourth-order valence-electron chi connectivity index (χ4n) is 1.74. The Balaban J connectivity index is 2.38. The van der Waals surface area contributed by atoms with Crippen LogP contribution in [0.5, 0.6) is 0 Å². The third-order valence-corrected chi connectivity index (χ3v) is 3.23. The first kappa shape index (κ1) is 13.9. The number of piperazine rings is 1. The molecule has 1 fully saturated rings. The fraction of sp³-hybridized carbons (Fsp3) is 0.273. The molecule has 1 saturated heterocycles. The van der Waals surface area contributed by atoms with E-state index in [0.29, 0.717) is 4.47 Å². The van der Waals surface area contributed by atoms with Crippen molar-refractivity contribution in [1.29, 1.82) is 0 Å². The van der Waals surface area contributed by atoms with Gasteiger partial charge in [-0.1, -0.05) is 0 Å². The molecule has 0 spiro atoms. The molecule has 1 aliphatic rings. The number of hydrogen-bond donors (Lipinski definition) is 1. The quantitative estimate of drug-likeness (QED) is 0.797. The van der Waals surface area contributed by atoms with E-state index < -0.39 is 23.6 Å². The number of benzene rings is 1. The van der Waals surface area contributed by atoms with Crippen molar-refractivity contribution in [2.24, 2.45) is 0 Å². The minimum atomic E-state index is -4.47. The maximum Gasteiger partial charge on any atom is 0.416 e.